The second-order valence-corrected chi connectivity index (χ2v) is 7.49. The van der Waals surface area contributed by atoms with E-state index in [2.05, 4.69) is 27.7 Å². The number of rotatable bonds is 0. The molecule has 3 aliphatic rings. The molecule has 3 aliphatic carbocycles. The highest BCUT2D eigenvalue weighted by Crippen LogP contribution is 2.71. The van der Waals surface area contributed by atoms with Crippen molar-refractivity contribution in [2.45, 2.75) is 53.4 Å². The molecule has 0 amide bonds. The Morgan fingerprint density at radius 1 is 1.12 bits per heavy atom. The van der Waals surface area contributed by atoms with Gasteiger partial charge >= 0.3 is 0 Å². The van der Waals surface area contributed by atoms with Gasteiger partial charge in [-0.2, -0.15) is 0 Å². The minimum absolute atomic E-state index is 0.330. The molecule has 16 heavy (non-hydrogen) atoms. The van der Waals surface area contributed by atoms with Gasteiger partial charge < -0.3 is 0 Å². The standard InChI is InChI=1S/C15H24O/c1-9-10-7-11-12(14(11,2)3)8-15(10,4)6-5-13(9)16/h9-12H,5-8H2,1-4H3/t9-,10+,11-,12+,15+/m1/s1. The van der Waals surface area contributed by atoms with Crippen LogP contribution >= 0.6 is 0 Å². The molecule has 0 N–H and O–H groups in total. The Balaban J connectivity index is 1.88. The van der Waals surface area contributed by atoms with Crippen LogP contribution < -0.4 is 0 Å². The van der Waals surface area contributed by atoms with Gasteiger partial charge in [-0.1, -0.05) is 27.7 Å². The average molecular weight is 220 g/mol. The highest BCUT2D eigenvalue weighted by Gasteiger charge is 2.65. The summed E-state index contributed by atoms with van der Waals surface area (Å²) in [4.78, 5) is 11.9. The minimum Gasteiger partial charge on any atom is -0.299 e. The maximum absolute atomic E-state index is 11.9. The summed E-state index contributed by atoms with van der Waals surface area (Å²) in [5.74, 6) is 3.40. The molecular formula is C15H24O. The van der Waals surface area contributed by atoms with Crippen molar-refractivity contribution in [1.82, 2.24) is 0 Å². The van der Waals surface area contributed by atoms with E-state index in [9.17, 15) is 4.79 Å². The lowest BCUT2D eigenvalue weighted by atomic mass is 9.57. The third kappa shape index (κ3) is 1.21. The third-order valence-corrected chi connectivity index (χ3v) is 6.43. The highest BCUT2D eigenvalue weighted by molar-refractivity contribution is 5.82. The van der Waals surface area contributed by atoms with Crippen molar-refractivity contribution in [3.63, 3.8) is 0 Å². The first-order valence-electron chi connectivity index (χ1n) is 6.89. The largest absolute Gasteiger partial charge is 0.299 e. The summed E-state index contributed by atoms with van der Waals surface area (Å²) in [6.45, 7) is 9.48. The van der Waals surface area contributed by atoms with Crippen LogP contribution in [0.15, 0.2) is 0 Å². The molecule has 0 radical (unpaired) electrons. The first-order valence-corrected chi connectivity index (χ1v) is 6.89. The molecule has 5 atom stereocenters. The van der Waals surface area contributed by atoms with Gasteiger partial charge in [-0.05, 0) is 47.8 Å². The summed E-state index contributed by atoms with van der Waals surface area (Å²) in [6, 6.07) is 0. The van der Waals surface area contributed by atoms with Crippen LogP contribution in [0.3, 0.4) is 0 Å². The molecule has 3 fully saturated rings. The van der Waals surface area contributed by atoms with Crippen LogP contribution in [0, 0.1) is 34.5 Å². The van der Waals surface area contributed by atoms with E-state index in [0.29, 0.717) is 28.4 Å². The molecule has 0 aliphatic heterocycles. The molecule has 0 aromatic rings. The Morgan fingerprint density at radius 2 is 1.81 bits per heavy atom. The van der Waals surface area contributed by atoms with Crippen molar-refractivity contribution in [1.29, 1.82) is 0 Å². The zero-order valence-corrected chi connectivity index (χ0v) is 11.0. The van der Waals surface area contributed by atoms with Gasteiger partial charge in [0.25, 0.3) is 0 Å². The SMILES string of the molecule is C[C@H]1C(=O)CC[C@@]2(C)C[C@H]3[C@@H](C[C@@H]12)C3(C)C. The number of hydrogen-bond donors (Lipinski definition) is 0. The molecule has 90 valence electrons. The molecule has 0 aromatic heterocycles. The lowest BCUT2D eigenvalue weighted by molar-refractivity contribution is -0.132. The van der Waals surface area contributed by atoms with Crippen molar-refractivity contribution in [2.24, 2.45) is 34.5 Å². The molecule has 0 spiro atoms. The first kappa shape index (κ1) is 10.8. The Morgan fingerprint density at radius 3 is 2.50 bits per heavy atom. The molecule has 0 aromatic carbocycles. The summed E-state index contributed by atoms with van der Waals surface area (Å²) in [7, 11) is 0. The van der Waals surface area contributed by atoms with Gasteiger partial charge in [0.15, 0.2) is 0 Å². The fraction of sp³-hybridized carbons (Fsp3) is 0.933. The zero-order valence-electron chi connectivity index (χ0n) is 11.0. The van der Waals surface area contributed by atoms with E-state index in [1.54, 1.807) is 0 Å². The van der Waals surface area contributed by atoms with Gasteiger partial charge in [0, 0.05) is 12.3 Å². The molecule has 0 unspecified atom stereocenters. The smallest absolute Gasteiger partial charge is 0.136 e. The van der Waals surface area contributed by atoms with Crippen LogP contribution in [-0.4, -0.2) is 5.78 Å². The molecule has 1 heteroatoms. The summed E-state index contributed by atoms with van der Waals surface area (Å²) in [6.07, 6.45) is 4.69. The third-order valence-electron chi connectivity index (χ3n) is 6.43. The Hall–Kier alpha value is -0.330. The highest BCUT2D eigenvalue weighted by atomic mass is 16.1. The maximum atomic E-state index is 11.9. The lowest BCUT2D eigenvalue weighted by Gasteiger charge is -2.47. The molecule has 0 bridgehead atoms. The zero-order chi connectivity index (χ0) is 11.7. The van der Waals surface area contributed by atoms with E-state index in [1.165, 1.54) is 12.8 Å². The van der Waals surface area contributed by atoms with Gasteiger partial charge in [0.2, 0.25) is 0 Å². The van der Waals surface area contributed by atoms with Crippen molar-refractivity contribution in [3.8, 4) is 0 Å². The number of carbonyl (C=O) groups excluding carboxylic acids is 1. The van der Waals surface area contributed by atoms with Gasteiger partial charge in [-0.25, -0.2) is 0 Å². The van der Waals surface area contributed by atoms with E-state index < -0.39 is 0 Å². The Kier molecular flexibility index (Phi) is 1.97. The first-order chi connectivity index (χ1) is 7.36. The topological polar surface area (TPSA) is 17.1 Å². The van der Waals surface area contributed by atoms with Crippen molar-refractivity contribution >= 4 is 5.78 Å². The van der Waals surface area contributed by atoms with Crippen LogP contribution in [0.4, 0.5) is 0 Å². The molecule has 3 saturated carbocycles. The molecule has 0 saturated heterocycles. The average Bonchev–Trinajstić information content (AvgIpc) is 2.73. The van der Waals surface area contributed by atoms with Gasteiger partial charge in [0.1, 0.15) is 5.78 Å². The molecule has 1 nitrogen and oxygen atoms in total. The lowest BCUT2D eigenvalue weighted by Crippen LogP contribution is -2.43. The normalized spacial score (nSPS) is 54.1. The quantitative estimate of drug-likeness (QED) is 0.608. The van der Waals surface area contributed by atoms with Gasteiger partial charge in [-0.15, -0.1) is 0 Å². The van der Waals surface area contributed by atoms with Gasteiger partial charge in [-0.3, -0.25) is 4.79 Å². The van der Waals surface area contributed by atoms with Gasteiger partial charge in [0.05, 0.1) is 0 Å². The monoisotopic (exact) mass is 220 g/mol. The summed E-state index contributed by atoms with van der Waals surface area (Å²) >= 11 is 0. The Labute approximate surface area is 99.0 Å². The second-order valence-electron chi connectivity index (χ2n) is 7.49. The number of ketones is 1. The van der Waals surface area contributed by atoms with E-state index in [4.69, 9.17) is 0 Å². The van der Waals surface area contributed by atoms with Crippen LogP contribution in [0.2, 0.25) is 0 Å². The fourth-order valence-corrected chi connectivity index (χ4v) is 4.90. The van der Waals surface area contributed by atoms with Crippen molar-refractivity contribution in [2.75, 3.05) is 0 Å². The van der Waals surface area contributed by atoms with Crippen LogP contribution in [-0.2, 0) is 4.79 Å². The van der Waals surface area contributed by atoms with Crippen LogP contribution in [0.25, 0.3) is 0 Å². The van der Waals surface area contributed by atoms with E-state index >= 15 is 0 Å². The maximum Gasteiger partial charge on any atom is 0.136 e. The molecule has 0 heterocycles. The fourth-order valence-electron chi connectivity index (χ4n) is 4.90. The number of carbonyl (C=O) groups is 1. The van der Waals surface area contributed by atoms with Crippen LogP contribution in [0.1, 0.15) is 53.4 Å². The summed E-state index contributed by atoms with van der Waals surface area (Å²) in [5, 5.41) is 0. The van der Waals surface area contributed by atoms with E-state index in [1.807, 2.05) is 0 Å². The van der Waals surface area contributed by atoms with Crippen LogP contribution in [0.5, 0.6) is 0 Å². The molecular weight excluding hydrogens is 196 g/mol. The van der Waals surface area contributed by atoms with Crippen molar-refractivity contribution < 1.29 is 4.79 Å². The number of hydrogen-bond acceptors (Lipinski definition) is 1. The van der Waals surface area contributed by atoms with E-state index in [-0.39, 0.29) is 0 Å². The van der Waals surface area contributed by atoms with E-state index in [0.717, 1.165) is 24.7 Å². The second kappa shape index (κ2) is 2.91. The molecule has 3 rings (SSSR count). The predicted molar refractivity (Wildman–Crippen MR) is 65.0 cm³/mol. The summed E-state index contributed by atoms with van der Waals surface area (Å²) in [5.41, 5.74) is 1.05. The predicted octanol–water partition coefficient (Wildman–Crippen LogP) is 3.67. The summed E-state index contributed by atoms with van der Waals surface area (Å²) < 4.78 is 0. The number of fused-ring (bicyclic) bond motifs is 2. The Bertz CT molecular complexity index is 343. The number of Topliss-reactive ketones (excluding diaryl/α,β-unsaturated/α-hetero) is 1. The van der Waals surface area contributed by atoms with Crippen molar-refractivity contribution in [3.05, 3.63) is 0 Å². The minimum atomic E-state index is 0.330.